The molecule has 0 aliphatic carbocycles. The van der Waals surface area contributed by atoms with Gasteiger partial charge >= 0.3 is 0 Å². The van der Waals surface area contributed by atoms with Gasteiger partial charge in [-0.1, -0.05) is 11.6 Å². The molecule has 8 nitrogen and oxygen atoms in total. The highest BCUT2D eigenvalue weighted by atomic mass is 35.5. The van der Waals surface area contributed by atoms with Gasteiger partial charge in [0.2, 0.25) is 0 Å². The van der Waals surface area contributed by atoms with Crippen molar-refractivity contribution >= 4 is 28.8 Å². The molecule has 188 valence electrons. The van der Waals surface area contributed by atoms with Crippen LogP contribution in [0.4, 0.5) is 4.39 Å². The Morgan fingerprint density at radius 2 is 1.94 bits per heavy atom. The van der Waals surface area contributed by atoms with E-state index in [0.717, 1.165) is 0 Å². The summed E-state index contributed by atoms with van der Waals surface area (Å²) in [7, 11) is 1.66. The summed E-state index contributed by atoms with van der Waals surface area (Å²) in [6.45, 7) is 5.07. The molecule has 1 atom stereocenters. The Kier molecular flexibility index (Phi) is 6.98. The number of nitrogens with one attached hydrogen (secondary N) is 1. The molecule has 1 unspecified atom stereocenters. The monoisotopic (exact) mass is 528 g/mol. The lowest BCUT2D eigenvalue weighted by Gasteiger charge is -2.27. The molecule has 11 heteroatoms. The molecule has 0 aliphatic rings. The highest BCUT2D eigenvalue weighted by Gasteiger charge is 2.29. The molecule has 0 spiro atoms. The van der Waals surface area contributed by atoms with Crippen molar-refractivity contribution in [2.75, 3.05) is 6.54 Å². The van der Waals surface area contributed by atoms with E-state index >= 15 is 0 Å². The Labute approximate surface area is 217 Å². The van der Waals surface area contributed by atoms with Crippen molar-refractivity contribution in [3.8, 4) is 22.6 Å². The highest BCUT2D eigenvalue weighted by Crippen LogP contribution is 2.30. The summed E-state index contributed by atoms with van der Waals surface area (Å²) in [5.74, 6) is -0.952. The van der Waals surface area contributed by atoms with Gasteiger partial charge in [-0.2, -0.15) is 5.10 Å². The zero-order valence-electron chi connectivity index (χ0n) is 20.2. The van der Waals surface area contributed by atoms with Crippen LogP contribution in [0, 0.1) is 5.82 Å². The van der Waals surface area contributed by atoms with Crippen molar-refractivity contribution in [1.82, 2.24) is 25.1 Å². The van der Waals surface area contributed by atoms with Gasteiger partial charge in [-0.15, -0.1) is 11.3 Å². The first-order chi connectivity index (χ1) is 16.8. The topological polar surface area (TPSA) is 119 Å². The average Bonchev–Trinajstić information content (AvgIpc) is 3.48. The summed E-state index contributed by atoms with van der Waals surface area (Å²) in [5.41, 5.74) is 9.35. The predicted octanol–water partition coefficient (Wildman–Crippen LogP) is 4.23. The number of rotatable bonds is 7. The number of hydrogen-bond acceptors (Lipinski definition) is 7. The second kappa shape index (κ2) is 9.70. The van der Waals surface area contributed by atoms with E-state index in [4.69, 9.17) is 17.3 Å². The molecule has 0 saturated heterocycles. The van der Waals surface area contributed by atoms with Crippen LogP contribution in [0.1, 0.15) is 42.5 Å². The third kappa shape index (κ3) is 5.46. The average molecular weight is 529 g/mol. The van der Waals surface area contributed by atoms with Gasteiger partial charge < -0.3 is 16.2 Å². The van der Waals surface area contributed by atoms with Crippen LogP contribution in [-0.2, 0) is 18.2 Å². The fraction of sp³-hybridized carbons (Fsp3) is 0.280. The number of benzene rings is 1. The number of aryl methyl sites for hydroxylation is 1. The molecule has 4 N–H and O–H groups in total. The summed E-state index contributed by atoms with van der Waals surface area (Å²) >= 11 is 7.42. The lowest BCUT2D eigenvalue weighted by Crippen LogP contribution is -2.40. The van der Waals surface area contributed by atoms with Gasteiger partial charge in [-0.3, -0.25) is 9.48 Å². The van der Waals surface area contributed by atoms with Gasteiger partial charge in [-0.05, 0) is 62.7 Å². The maximum atomic E-state index is 13.7. The third-order valence-electron chi connectivity index (χ3n) is 5.74. The van der Waals surface area contributed by atoms with E-state index in [2.05, 4.69) is 20.4 Å². The molecule has 0 fully saturated rings. The second-order valence-electron chi connectivity index (χ2n) is 9.35. The lowest BCUT2D eigenvalue weighted by atomic mass is 9.90. The maximum Gasteiger partial charge on any atom is 0.269 e. The molecular weight excluding hydrogens is 503 g/mol. The van der Waals surface area contributed by atoms with Crippen molar-refractivity contribution in [2.24, 2.45) is 12.8 Å². The minimum Gasteiger partial charge on any atom is -0.382 e. The van der Waals surface area contributed by atoms with Gasteiger partial charge in [0.1, 0.15) is 28.5 Å². The van der Waals surface area contributed by atoms with E-state index in [0.29, 0.717) is 39.6 Å². The van der Waals surface area contributed by atoms with Crippen LogP contribution < -0.4 is 11.1 Å². The van der Waals surface area contributed by atoms with E-state index in [-0.39, 0.29) is 11.6 Å². The molecular formula is C25H26ClFN6O2S. The lowest BCUT2D eigenvalue weighted by molar-refractivity contribution is 0.0486. The van der Waals surface area contributed by atoms with Crippen molar-refractivity contribution < 1.29 is 14.3 Å². The molecule has 1 aromatic carbocycles. The number of nitrogens with zero attached hydrogens (tertiary/aromatic N) is 4. The van der Waals surface area contributed by atoms with E-state index in [1.807, 2.05) is 19.2 Å². The molecule has 0 radical (unpaired) electrons. The number of hydrogen-bond donors (Lipinski definition) is 3. The van der Waals surface area contributed by atoms with E-state index < -0.39 is 22.9 Å². The van der Waals surface area contributed by atoms with Gasteiger partial charge in [0.25, 0.3) is 5.91 Å². The molecule has 3 heterocycles. The fourth-order valence-corrected chi connectivity index (χ4v) is 4.29. The van der Waals surface area contributed by atoms with Gasteiger partial charge in [0.05, 0.1) is 28.5 Å². The van der Waals surface area contributed by atoms with Crippen LogP contribution in [0.5, 0.6) is 0 Å². The number of aliphatic hydroxyl groups is 1. The molecule has 3 aromatic heterocycles. The van der Waals surface area contributed by atoms with Gasteiger partial charge in [-0.25, -0.2) is 14.4 Å². The van der Waals surface area contributed by atoms with Crippen molar-refractivity contribution in [3.63, 3.8) is 0 Å². The summed E-state index contributed by atoms with van der Waals surface area (Å²) < 4.78 is 15.2. The normalized spacial score (nSPS) is 13.4. The molecule has 4 rings (SSSR count). The first-order valence-electron chi connectivity index (χ1n) is 11.1. The first kappa shape index (κ1) is 25.9. The van der Waals surface area contributed by atoms with Crippen LogP contribution in [0.25, 0.3) is 22.6 Å². The zero-order chi connectivity index (χ0) is 26.3. The van der Waals surface area contributed by atoms with E-state index in [1.54, 1.807) is 43.7 Å². The van der Waals surface area contributed by atoms with E-state index in [9.17, 15) is 14.3 Å². The molecule has 1 amide bonds. The molecule has 4 aromatic rings. The standard InChI is InChI=1S/C25H26ClFN6O2S/c1-24(2,28)15-8-18(14-5-6-17(27)16(26)7-14)31-22(9-15)25(3,35)12-29-23(34)21-10-19(32-33(21)4)20-11-36-13-30-20/h5-11,13,35H,12,28H2,1-4H3,(H,29,34). The number of aromatic nitrogens is 4. The van der Waals surface area contributed by atoms with Crippen LogP contribution in [-0.4, -0.2) is 37.3 Å². The Bertz CT molecular complexity index is 1410. The number of amides is 1. The molecule has 36 heavy (non-hydrogen) atoms. The van der Waals surface area contributed by atoms with Crippen LogP contribution in [0.15, 0.2) is 47.3 Å². The van der Waals surface area contributed by atoms with E-state index in [1.165, 1.54) is 28.2 Å². The summed E-state index contributed by atoms with van der Waals surface area (Å²) in [5, 5.41) is 20.2. The minimum atomic E-state index is -1.55. The van der Waals surface area contributed by atoms with Crippen molar-refractivity contribution in [2.45, 2.75) is 31.9 Å². The van der Waals surface area contributed by atoms with Gasteiger partial charge in [0.15, 0.2) is 0 Å². The maximum absolute atomic E-state index is 13.7. The number of thiazole rings is 1. The number of nitrogens with two attached hydrogens (primary N) is 1. The van der Waals surface area contributed by atoms with Crippen LogP contribution in [0.3, 0.4) is 0 Å². The quantitative estimate of drug-likeness (QED) is 0.330. The molecule has 0 aliphatic heterocycles. The largest absolute Gasteiger partial charge is 0.382 e. The van der Waals surface area contributed by atoms with Crippen molar-refractivity contribution in [3.05, 3.63) is 75.1 Å². The number of carbonyl (C=O) groups is 1. The van der Waals surface area contributed by atoms with Gasteiger partial charge in [0, 0.05) is 23.5 Å². The summed E-state index contributed by atoms with van der Waals surface area (Å²) in [4.78, 5) is 21.7. The summed E-state index contributed by atoms with van der Waals surface area (Å²) in [6.07, 6.45) is 0. The molecule has 0 saturated carbocycles. The number of halogens is 2. The first-order valence-corrected chi connectivity index (χ1v) is 12.4. The zero-order valence-corrected chi connectivity index (χ0v) is 21.8. The second-order valence-corrected chi connectivity index (χ2v) is 10.5. The SMILES string of the molecule is Cn1nc(-c2cscn2)cc1C(=O)NCC(C)(O)c1cc(C(C)(C)N)cc(-c2ccc(F)c(Cl)c2)n1. The minimum absolute atomic E-state index is 0.0412. The summed E-state index contributed by atoms with van der Waals surface area (Å²) in [6, 6.07) is 9.40. The smallest absolute Gasteiger partial charge is 0.269 e. The van der Waals surface area contributed by atoms with Crippen LogP contribution in [0.2, 0.25) is 5.02 Å². The Morgan fingerprint density at radius 3 is 2.58 bits per heavy atom. The Morgan fingerprint density at radius 1 is 1.19 bits per heavy atom. The number of pyridine rings is 1. The Balaban J connectivity index is 1.61. The third-order valence-corrected chi connectivity index (χ3v) is 6.61. The van der Waals surface area contributed by atoms with Crippen LogP contribution >= 0.6 is 22.9 Å². The van der Waals surface area contributed by atoms with Crippen molar-refractivity contribution in [1.29, 1.82) is 0 Å². The molecule has 0 bridgehead atoms. The Hall–Kier alpha value is -3.18. The highest BCUT2D eigenvalue weighted by molar-refractivity contribution is 7.07. The number of carbonyl (C=O) groups excluding carboxylic acids is 1. The predicted molar refractivity (Wildman–Crippen MR) is 138 cm³/mol. The fourth-order valence-electron chi connectivity index (χ4n) is 3.56.